The number of alkyl halides is 1. The summed E-state index contributed by atoms with van der Waals surface area (Å²) in [6.45, 7) is 8.45. The Morgan fingerprint density at radius 2 is 1.59 bits per heavy atom. The maximum atomic E-state index is 12.9. The number of hydrogen-bond acceptors (Lipinski definition) is 5. The minimum atomic E-state index is -0.572. The molecule has 6 nitrogen and oxygen atoms in total. The van der Waals surface area contributed by atoms with Crippen LogP contribution in [0.3, 0.4) is 0 Å². The molecule has 0 aliphatic carbocycles. The van der Waals surface area contributed by atoms with Gasteiger partial charge in [0.1, 0.15) is 29.0 Å². The van der Waals surface area contributed by atoms with E-state index in [4.69, 9.17) is 9.47 Å². The fourth-order valence-electron chi connectivity index (χ4n) is 5.68. The van der Waals surface area contributed by atoms with E-state index in [9.17, 15) is 19.4 Å². The lowest BCUT2D eigenvalue weighted by Crippen LogP contribution is -2.37. The van der Waals surface area contributed by atoms with Gasteiger partial charge in [-0.25, -0.2) is 4.79 Å². The molecule has 0 spiro atoms. The Morgan fingerprint density at radius 1 is 0.913 bits per heavy atom. The number of hydrogen-bond donors (Lipinski definition) is 2. The molecule has 3 aromatic carbocycles. The number of phenols is 2. The van der Waals surface area contributed by atoms with Crippen molar-refractivity contribution in [3.05, 3.63) is 95.1 Å². The van der Waals surface area contributed by atoms with Crippen molar-refractivity contribution in [1.29, 1.82) is 0 Å². The number of ether oxygens (including phenoxy) is 2. The third kappa shape index (κ3) is 9.87. The van der Waals surface area contributed by atoms with Crippen molar-refractivity contribution in [1.82, 2.24) is 4.90 Å². The standard InChI is InChI=1S/C39H48FNO5/c1-28-34-27-33(43)21-22-35(34)45-37(36(28)31-15-12-16-32(42)26-31)30-19-17-29(18-20-30)14-13-25-41(38(44)46-39(2,3)4)24-11-9-7-5-6-8-10-23-40/h12-22,26-27,37,42-43H,5-11,23-25H2,1-4H3/b14-13+. The average molecular weight is 630 g/mol. The van der Waals surface area contributed by atoms with Crippen molar-refractivity contribution in [2.24, 2.45) is 0 Å². The van der Waals surface area contributed by atoms with E-state index < -0.39 is 11.7 Å². The van der Waals surface area contributed by atoms with Gasteiger partial charge in [0.15, 0.2) is 0 Å². The summed E-state index contributed by atoms with van der Waals surface area (Å²) in [5, 5.41) is 20.4. The molecule has 7 heteroatoms. The van der Waals surface area contributed by atoms with Crippen LogP contribution in [0.25, 0.3) is 17.2 Å². The zero-order valence-electron chi connectivity index (χ0n) is 27.6. The first-order valence-corrected chi connectivity index (χ1v) is 16.4. The Morgan fingerprint density at radius 3 is 2.26 bits per heavy atom. The number of amides is 1. The van der Waals surface area contributed by atoms with Gasteiger partial charge in [-0.05, 0) is 93.1 Å². The number of allylic oxidation sites excluding steroid dienone is 1. The highest BCUT2D eigenvalue weighted by Crippen LogP contribution is 2.47. The van der Waals surface area contributed by atoms with Gasteiger partial charge in [0, 0.05) is 24.2 Å². The number of halogens is 1. The van der Waals surface area contributed by atoms with E-state index >= 15 is 0 Å². The van der Waals surface area contributed by atoms with Gasteiger partial charge in [-0.3, -0.25) is 4.39 Å². The van der Waals surface area contributed by atoms with Crippen molar-refractivity contribution >= 4 is 23.3 Å². The summed E-state index contributed by atoms with van der Waals surface area (Å²) in [4.78, 5) is 14.7. The van der Waals surface area contributed by atoms with Gasteiger partial charge in [-0.15, -0.1) is 0 Å². The lowest BCUT2D eigenvalue weighted by Gasteiger charge is -2.31. The number of rotatable bonds is 14. The smallest absolute Gasteiger partial charge is 0.410 e. The summed E-state index contributed by atoms with van der Waals surface area (Å²) in [5.41, 5.74) is 4.92. The molecule has 46 heavy (non-hydrogen) atoms. The van der Waals surface area contributed by atoms with Gasteiger partial charge in [-0.2, -0.15) is 0 Å². The maximum absolute atomic E-state index is 12.9. The van der Waals surface area contributed by atoms with E-state index in [-0.39, 0.29) is 24.3 Å². The van der Waals surface area contributed by atoms with Gasteiger partial charge in [-0.1, -0.05) is 80.7 Å². The molecule has 1 aliphatic rings. The summed E-state index contributed by atoms with van der Waals surface area (Å²) in [6.07, 6.45) is 9.98. The third-order valence-corrected chi connectivity index (χ3v) is 8.02. The van der Waals surface area contributed by atoms with Crippen LogP contribution >= 0.6 is 0 Å². The molecule has 1 unspecified atom stereocenters. The van der Waals surface area contributed by atoms with E-state index in [1.54, 1.807) is 35.2 Å². The summed E-state index contributed by atoms with van der Waals surface area (Å²) < 4.78 is 24.5. The molecule has 1 heterocycles. The maximum Gasteiger partial charge on any atom is 0.410 e. The predicted molar refractivity (Wildman–Crippen MR) is 184 cm³/mol. The predicted octanol–water partition coefficient (Wildman–Crippen LogP) is 10.1. The molecule has 1 amide bonds. The van der Waals surface area contributed by atoms with E-state index in [2.05, 4.69) is 0 Å². The normalized spacial score (nSPS) is 14.7. The number of benzene rings is 3. The number of phenolic OH excluding ortho intramolecular Hbond substituents is 2. The van der Waals surface area contributed by atoms with Crippen LogP contribution in [0.1, 0.15) is 101 Å². The molecule has 0 fully saturated rings. The van der Waals surface area contributed by atoms with Crippen LogP contribution < -0.4 is 4.74 Å². The third-order valence-electron chi connectivity index (χ3n) is 8.02. The minimum absolute atomic E-state index is 0.165. The number of carbonyl (C=O) groups is 1. The summed E-state index contributed by atoms with van der Waals surface area (Å²) >= 11 is 0. The van der Waals surface area contributed by atoms with E-state index in [0.29, 0.717) is 25.3 Å². The van der Waals surface area contributed by atoms with Crippen LogP contribution in [-0.2, 0) is 4.74 Å². The van der Waals surface area contributed by atoms with Gasteiger partial charge in [0.2, 0.25) is 0 Å². The molecule has 246 valence electrons. The van der Waals surface area contributed by atoms with E-state index in [1.165, 1.54) is 0 Å². The van der Waals surface area contributed by atoms with Crippen LogP contribution in [0.15, 0.2) is 72.8 Å². The molecule has 3 aromatic rings. The monoisotopic (exact) mass is 629 g/mol. The summed E-state index contributed by atoms with van der Waals surface area (Å²) in [5.74, 6) is 1.02. The van der Waals surface area contributed by atoms with Crippen molar-refractivity contribution in [2.45, 2.75) is 84.3 Å². The molecule has 2 N–H and O–H groups in total. The number of carbonyl (C=O) groups excluding carboxylic acids is 1. The Balaban J connectivity index is 1.45. The first-order chi connectivity index (χ1) is 22.1. The number of fused-ring (bicyclic) bond motifs is 1. The topological polar surface area (TPSA) is 79.2 Å². The second-order valence-corrected chi connectivity index (χ2v) is 12.9. The SMILES string of the molecule is CC1=C(c2cccc(O)c2)C(c2ccc(/C=C/CN(CCCCCCCCCF)C(=O)OC(C)(C)C)cc2)Oc2ccc(O)cc21. The molecule has 0 aromatic heterocycles. The molecule has 0 saturated carbocycles. The van der Waals surface area contributed by atoms with E-state index in [1.807, 2.05) is 76.2 Å². The molecule has 0 bridgehead atoms. The lowest BCUT2D eigenvalue weighted by atomic mass is 9.86. The molecule has 0 radical (unpaired) electrons. The molecule has 4 rings (SSSR count). The van der Waals surface area contributed by atoms with Gasteiger partial charge in [0.05, 0.1) is 6.67 Å². The highest BCUT2D eigenvalue weighted by atomic mass is 19.1. The summed E-state index contributed by atoms with van der Waals surface area (Å²) in [6, 6.07) is 20.3. The second-order valence-electron chi connectivity index (χ2n) is 12.9. The zero-order valence-corrected chi connectivity index (χ0v) is 27.6. The summed E-state index contributed by atoms with van der Waals surface area (Å²) in [7, 11) is 0. The van der Waals surface area contributed by atoms with Crippen LogP contribution in [0.2, 0.25) is 0 Å². The number of nitrogens with zero attached hydrogens (tertiary/aromatic N) is 1. The Bertz CT molecular complexity index is 1510. The van der Waals surface area contributed by atoms with Crippen LogP contribution in [-0.4, -0.2) is 46.6 Å². The molecule has 1 atom stereocenters. The Labute approximate surface area is 273 Å². The second kappa shape index (κ2) is 16.3. The highest BCUT2D eigenvalue weighted by molar-refractivity contribution is 5.95. The molecular formula is C39H48FNO5. The molecular weight excluding hydrogens is 581 g/mol. The lowest BCUT2D eigenvalue weighted by molar-refractivity contribution is 0.0269. The number of unbranched alkanes of at least 4 members (excludes halogenated alkanes) is 6. The van der Waals surface area contributed by atoms with Gasteiger partial charge in [0.25, 0.3) is 0 Å². The minimum Gasteiger partial charge on any atom is -0.508 e. The van der Waals surface area contributed by atoms with Crippen molar-refractivity contribution in [3.8, 4) is 17.2 Å². The van der Waals surface area contributed by atoms with Crippen LogP contribution in [0.4, 0.5) is 9.18 Å². The fraction of sp³-hybridized carbons (Fsp3) is 0.410. The highest BCUT2D eigenvalue weighted by Gasteiger charge is 2.29. The fourth-order valence-corrected chi connectivity index (χ4v) is 5.68. The van der Waals surface area contributed by atoms with Crippen LogP contribution in [0.5, 0.6) is 17.2 Å². The first-order valence-electron chi connectivity index (χ1n) is 16.4. The average Bonchev–Trinajstić information content (AvgIpc) is 3.01. The van der Waals surface area contributed by atoms with Crippen molar-refractivity contribution in [2.75, 3.05) is 19.8 Å². The first kappa shape index (κ1) is 34.6. The Kier molecular flexibility index (Phi) is 12.3. The van der Waals surface area contributed by atoms with Gasteiger partial charge >= 0.3 is 6.09 Å². The quantitative estimate of drug-likeness (QED) is 0.174. The number of aromatic hydroxyl groups is 2. The molecule has 1 aliphatic heterocycles. The molecule has 0 saturated heterocycles. The van der Waals surface area contributed by atoms with Crippen molar-refractivity contribution < 1.29 is 28.9 Å². The largest absolute Gasteiger partial charge is 0.508 e. The van der Waals surface area contributed by atoms with Crippen molar-refractivity contribution in [3.63, 3.8) is 0 Å². The Hall–Kier alpha value is -4.26. The zero-order chi connectivity index (χ0) is 33.1. The van der Waals surface area contributed by atoms with Crippen LogP contribution in [0, 0.1) is 0 Å². The van der Waals surface area contributed by atoms with E-state index in [0.717, 1.165) is 71.9 Å². The van der Waals surface area contributed by atoms with Gasteiger partial charge < -0.3 is 24.6 Å².